The first-order chi connectivity index (χ1) is 6.24. The van der Waals surface area contributed by atoms with Crippen molar-refractivity contribution in [2.45, 2.75) is 26.2 Å². The Morgan fingerprint density at radius 3 is 2.85 bits per heavy atom. The Morgan fingerprint density at radius 1 is 1.62 bits per heavy atom. The summed E-state index contributed by atoms with van der Waals surface area (Å²) >= 11 is 0. The predicted molar refractivity (Wildman–Crippen MR) is 52.5 cm³/mol. The van der Waals surface area contributed by atoms with Crippen molar-refractivity contribution in [3.63, 3.8) is 0 Å². The zero-order valence-corrected chi connectivity index (χ0v) is 8.05. The monoisotopic (exact) mass is 183 g/mol. The van der Waals surface area contributed by atoms with Crippen LogP contribution in [0.25, 0.3) is 0 Å². The molecule has 1 aliphatic carbocycles. The summed E-state index contributed by atoms with van der Waals surface area (Å²) in [6, 6.07) is 0. The highest BCUT2D eigenvalue weighted by atomic mass is 16.1. The van der Waals surface area contributed by atoms with Crippen LogP contribution in [0.4, 0.5) is 0 Å². The maximum Gasteiger partial charge on any atom is 0.241 e. The fraction of sp³-hybridized carbons (Fsp3) is 0.778. The Morgan fingerprint density at radius 2 is 2.31 bits per heavy atom. The van der Waals surface area contributed by atoms with Crippen LogP contribution >= 0.6 is 0 Å². The van der Waals surface area contributed by atoms with E-state index in [0.29, 0.717) is 11.8 Å². The van der Waals surface area contributed by atoms with Crippen molar-refractivity contribution in [1.29, 1.82) is 0 Å². The van der Waals surface area contributed by atoms with Crippen LogP contribution in [0.2, 0.25) is 0 Å². The average molecular weight is 183 g/mol. The summed E-state index contributed by atoms with van der Waals surface area (Å²) in [6.45, 7) is 2.92. The van der Waals surface area contributed by atoms with Crippen LogP contribution in [0, 0.1) is 5.92 Å². The summed E-state index contributed by atoms with van der Waals surface area (Å²) in [5.41, 5.74) is 5.63. The number of amides is 1. The minimum Gasteiger partial charge on any atom is -0.387 e. The molecule has 0 aliphatic heterocycles. The number of amidine groups is 1. The van der Waals surface area contributed by atoms with E-state index in [9.17, 15) is 4.79 Å². The predicted octanol–water partition coefficient (Wildman–Crippen LogP) is 0.280. The van der Waals surface area contributed by atoms with Crippen LogP contribution in [0.1, 0.15) is 26.2 Å². The van der Waals surface area contributed by atoms with E-state index in [0.717, 1.165) is 25.8 Å². The molecule has 0 unspecified atom stereocenters. The summed E-state index contributed by atoms with van der Waals surface area (Å²) in [5.74, 6) is 1.07. The van der Waals surface area contributed by atoms with Gasteiger partial charge >= 0.3 is 0 Å². The number of carbonyl (C=O) groups is 1. The fourth-order valence-electron chi connectivity index (χ4n) is 0.992. The number of rotatable bonds is 5. The Balaban J connectivity index is 2.16. The first-order valence-corrected chi connectivity index (χ1v) is 4.80. The third-order valence-electron chi connectivity index (χ3n) is 1.97. The number of hydrogen-bond donors (Lipinski definition) is 2. The molecule has 3 N–H and O–H groups in total. The van der Waals surface area contributed by atoms with Gasteiger partial charge in [0.05, 0.1) is 5.84 Å². The van der Waals surface area contributed by atoms with Crippen LogP contribution in [-0.4, -0.2) is 24.8 Å². The number of nitrogens with two attached hydrogens (primary N) is 1. The van der Waals surface area contributed by atoms with E-state index in [1.54, 1.807) is 0 Å². The van der Waals surface area contributed by atoms with Crippen molar-refractivity contribution < 1.29 is 4.79 Å². The number of nitrogens with zero attached hydrogens (tertiary/aromatic N) is 1. The Kier molecular flexibility index (Phi) is 3.73. The molecule has 1 fully saturated rings. The van der Waals surface area contributed by atoms with Crippen molar-refractivity contribution in [2.24, 2.45) is 16.6 Å². The van der Waals surface area contributed by atoms with Gasteiger partial charge in [-0.2, -0.15) is 0 Å². The van der Waals surface area contributed by atoms with Gasteiger partial charge in [0.25, 0.3) is 0 Å². The SMILES string of the molecule is CCCNC(=O)CN=C(N)C1CC1. The van der Waals surface area contributed by atoms with Gasteiger partial charge in [-0.1, -0.05) is 6.92 Å². The molecule has 0 saturated heterocycles. The maximum atomic E-state index is 11.1. The molecule has 0 aromatic heterocycles. The van der Waals surface area contributed by atoms with Gasteiger partial charge in [-0.05, 0) is 19.3 Å². The molecule has 1 aliphatic rings. The summed E-state index contributed by atoms with van der Waals surface area (Å²) < 4.78 is 0. The van der Waals surface area contributed by atoms with Gasteiger partial charge in [0.1, 0.15) is 6.54 Å². The highest BCUT2D eigenvalue weighted by Crippen LogP contribution is 2.28. The van der Waals surface area contributed by atoms with Crippen molar-refractivity contribution in [3.8, 4) is 0 Å². The maximum absolute atomic E-state index is 11.1. The van der Waals surface area contributed by atoms with E-state index in [-0.39, 0.29) is 12.5 Å². The standard InChI is InChI=1S/C9H17N3O/c1-2-5-11-8(13)6-12-9(10)7-3-4-7/h7H,2-6H2,1H3,(H2,10,12)(H,11,13). The lowest BCUT2D eigenvalue weighted by Gasteiger charge is -2.00. The molecule has 0 bridgehead atoms. The topological polar surface area (TPSA) is 67.5 Å². The molecular weight excluding hydrogens is 166 g/mol. The van der Waals surface area contributed by atoms with Crippen LogP contribution in [0.3, 0.4) is 0 Å². The molecule has 13 heavy (non-hydrogen) atoms. The first kappa shape index (κ1) is 10.0. The minimum atomic E-state index is -0.0366. The van der Waals surface area contributed by atoms with Gasteiger partial charge in [0, 0.05) is 12.5 Å². The zero-order valence-electron chi connectivity index (χ0n) is 8.05. The molecule has 0 atom stereocenters. The molecule has 0 aromatic carbocycles. The second-order valence-electron chi connectivity index (χ2n) is 3.37. The minimum absolute atomic E-state index is 0.0366. The van der Waals surface area contributed by atoms with Crippen LogP contribution < -0.4 is 11.1 Å². The number of aliphatic imine (C=N–C) groups is 1. The third-order valence-corrected chi connectivity index (χ3v) is 1.97. The van der Waals surface area contributed by atoms with Crippen molar-refractivity contribution >= 4 is 11.7 Å². The molecule has 0 aromatic rings. The number of hydrogen-bond acceptors (Lipinski definition) is 2. The largest absolute Gasteiger partial charge is 0.387 e. The number of nitrogens with one attached hydrogen (secondary N) is 1. The molecule has 1 saturated carbocycles. The van der Waals surface area contributed by atoms with E-state index in [1.165, 1.54) is 0 Å². The third kappa shape index (κ3) is 3.92. The average Bonchev–Trinajstić information content (AvgIpc) is 2.93. The summed E-state index contributed by atoms with van der Waals surface area (Å²) in [4.78, 5) is 15.1. The van der Waals surface area contributed by atoms with Gasteiger partial charge in [-0.25, -0.2) is 0 Å². The van der Waals surface area contributed by atoms with Crippen molar-refractivity contribution in [2.75, 3.05) is 13.1 Å². The smallest absolute Gasteiger partial charge is 0.241 e. The lowest BCUT2D eigenvalue weighted by molar-refractivity contribution is -0.119. The highest BCUT2D eigenvalue weighted by Gasteiger charge is 2.25. The lowest BCUT2D eigenvalue weighted by atomic mass is 10.4. The quantitative estimate of drug-likeness (QED) is 0.475. The molecule has 4 nitrogen and oxygen atoms in total. The van der Waals surface area contributed by atoms with E-state index in [4.69, 9.17) is 5.73 Å². The van der Waals surface area contributed by atoms with E-state index in [1.807, 2.05) is 6.92 Å². The van der Waals surface area contributed by atoms with E-state index in [2.05, 4.69) is 10.3 Å². The molecule has 1 rings (SSSR count). The lowest BCUT2D eigenvalue weighted by Crippen LogP contribution is -2.27. The van der Waals surface area contributed by atoms with Crippen molar-refractivity contribution in [1.82, 2.24) is 5.32 Å². The van der Waals surface area contributed by atoms with Gasteiger partial charge in [-0.3, -0.25) is 9.79 Å². The Hall–Kier alpha value is -1.06. The summed E-state index contributed by atoms with van der Waals surface area (Å²) in [7, 11) is 0. The van der Waals surface area contributed by atoms with Crippen LogP contribution in [-0.2, 0) is 4.79 Å². The molecule has 74 valence electrons. The van der Waals surface area contributed by atoms with Gasteiger partial charge in [0.15, 0.2) is 0 Å². The summed E-state index contributed by atoms with van der Waals surface area (Å²) in [5, 5.41) is 2.75. The zero-order chi connectivity index (χ0) is 9.68. The molecular formula is C9H17N3O. The van der Waals surface area contributed by atoms with Gasteiger partial charge < -0.3 is 11.1 Å². The van der Waals surface area contributed by atoms with Gasteiger partial charge in [0.2, 0.25) is 5.91 Å². The normalized spacial score (nSPS) is 17.2. The molecule has 0 spiro atoms. The van der Waals surface area contributed by atoms with E-state index < -0.39 is 0 Å². The Bertz CT molecular complexity index is 209. The second-order valence-corrected chi connectivity index (χ2v) is 3.37. The summed E-state index contributed by atoms with van der Waals surface area (Å²) in [6.07, 6.45) is 3.21. The van der Waals surface area contributed by atoms with Crippen molar-refractivity contribution in [3.05, 3.63) is 0 Å². The number of carbonyl (C=O) groups excluding carboxylic acids is 1. The first-order valence-electron chi connectivity index (χ1n) is 4.80. The van der Waals surface area contributed by atoms with Crippen LogP contribution in [0.5, 0.6) is 0 Å². The molecule has 4 heteroatoms. The second kappa shape index (κ2) is 4.84. The molecule has 0 radical (unpaired) electrons. The van der Waals surface area contributed by atoms with E-state index >= 15 is 0 Å². The highest BCUT2D eigenvalue weighted by molar-refractivity contribution is 5.88. The fourth-order valence-corrected chi connectivity index (χ4v) is 0.992. The van der Waals surface area contributed by atoms with Gasteiger partial charge in [-0.15, -0.1) is 0 Å². The molecule has 0 heterocycles. The Labute approximate surface area is 78.6 Å². The van der Waals surface area contributed by atoms with Crippen LogP contribution in [0.15, 0.2) is 4.99 Å². The molecule has 1 amide bonds.